The third kappa shape index (κ3) is 7.28. The van der Waals surface area contributed by atoms with E-state index in [0.29, 0.717) is 19.0 Å². The Morgan fingerprint density at radius 3 is 2.41 bits per heavy atom. The van der Waals surface area contributed by atoms with E-state index in [1.165, 1.54) is 0 Å². The summed E-state index contributed by atoms with van der Waals surface area (Å²) in [6, 6.07) is 6.47. The highest BCUT2D eigenvalue weighted by molar-refractivity contribution is 5.85. The molecule has 0 aliphatic rings. The summed E-state index contributed by atoms with van der Waals surface area (Å²) in [7, 11) is 0. The summed E-state index contributed by atoms with van der Waals surface area (Å²) in [5.41, 5.74) is 6.69. The molecule has 0 saturated heterocycles. The number of ether oxygens (including phenoxy) is 3. The maximum Gasteiger partial charge on any atom is 0.344 e. The highest BCUT2D eigenvalue weighted by atomic mass is 35.5. The van der Waals surface area contributed by atoms with Gasteiger partial charge in [-0.2, -0.15) is 0 Å². The molecule has 1 rings (SSSR count). The first-order chi connectivity index (χ1) is 10.1. The van der Waals surface area contributed by atoms with Gasteiger partial charge in [-0.3, -0.25) is 4.79 Å². The predicted molar refractivity (Wildman–Crippen MR) is 84.0 cm³/mol. The second kappa shape index (κ2) is 10.9. The molecule has 0 aliphatic heterocycles. The smallest absolute Gasteiger partial charge is 0.344 e. The monoisotopic (exact) mass is 331 g/mol. The zero-order valence-corrected chi connectivity index (χ0v) is 13.6. The quantitative estimate of drug-likeness (QED) is 0.733. The molecule has 2 N–H and O–H groups in total. The predicted octanol–water partition coefficient (Wildman–Crippen LogP) is 2.00. The number of hydrogen-bond donors (Lipinski definition) is 1. The van der Waals surface area contributed by atoms with Gasteiger partial charge in [0, 0.05) is 6.04 Å². The molecular formula is C15H22ClNO5. The van der Waals surface area contributed by atoms with Crippen LogP contribution < -0.4 is 10.5 Å². The van der Waals surface area contributed by atoms with Crippen molar-refractivity contribution in [3.05, 3.63) is 29.8 Å². The van der Waals surface area contributed by atoms with Gasteiger partial charge in [0.15, 0.2) is 6.61 Å². The average Bonchev–Trinajstić information content (AvgIpc) is 2.46. The Morgan fingerprint density at radius 2 is 1.77 bits per heavy atom. The van der Waals surface area contributed by atoms with E-state index in [1.807, 2.05) is 0 Å². The number of carbonyl (C=O) groups excluding carboxylic acids is 2. The van der Waals surface area contributed by atoms with Gasteiger partial charge in [-0.05, 0) is 31.5 Å². The van der Waals surface area contributed by atoms with Crippen molar-refractivity contribution in [3.8, 4) is 5.75 Å². The number of esters is 2. The molecule has 0 saturated carbocycles. The molecule has 22 heavy (non-hydrogen) atoms. The third-order valence-corrected chi connectivity index (χ3v) is 2.64. The molecule has 6 nitrogen and oxygen atoms in total. The fraction of sp³-hybridized carbons (Fsp3) is 0.467. The van der Waals surface area contributed by atoms with Crippen LogP contribution in [-0.2, 0) is 19.1 Å². The first-order valence-electron chi connectivity index (χ1n) is 6.86. The second-order valence-electron chi connectivity index (χ2n) is 4.28. The summed E-state index contributed by atoms with van der Waals surface area (Å²) in [6.45, 7) is 3.95. The number of carbonyl (C=O) groups is 2. The number of rotatable bonds is 8. The number of halogens is 1. The minimum atomic E-state index is -0.477. The third-order valence-electron chi connectivity index (χ3n) is 2.64. The van der Waals surface area contributed by atoms with Gasteiger partial charge in [-0.1, -0.05) is 12.1 Å². The van der Waals surface area contributed by atoms with Crippen LogP contribution in [0.1, 0.15) is 31.9 Å². The zero-order chi connectivity index (χ0) is 15.7. The number of benzene rings is 1. The average molecular weight is 332 g/mol. The van der Waals surface area contributed by atoms with Crippen LogP contribution in [-0.4, -0.2) is 31.8 Å². The van der Waals surface area contributed by atoms with E-state index in [4.69, 9.17) is 19.9 Å². The van der Waals surface area contributed by atoms with Crippen molar-refractivity contribution in [1.29, 1.82) is 0 Å². The van der Waals surface area contributed by atoms with E-state index < -0.39 is 12.0 Å². The molecule has 124 valence electrons. The van der Waals surface area contributed by atoms with Gasteiger partial charge in [0.25, 0.3) is 0 Å². The summed E-state index contributed by atoms with van der Waals surface area (Å²) in [6.07, 6.45) is 0.0924. The van der Waals surface area contributed by atoms with Crippen LogP contribution in [0.4, 0.5) is 0 Å². The lowest BCUT2D eigenvalue weighted by atomic mass is 10.0. The molecule has 0 radical (unpaired) electrons. The van der Waals surface area contributed by atoms with Crippen LogP contribution >= 0.6 is 12.4 Å². The van der Waals surface area contributed by atoms with Crippen LogP contribution in [0.2, 0.25) is 0 Å². The van der Waals surface area contributed by atoms with Crippen LogP contribution in [0.15, 0.2) is 24.3 Å². The summed E-state index contributed by atoms with van der Waals surface area (Å²) in [4.78, 5) is 22.6. The molecular weight excluding hydrogens is 310 g/mol. The molecule has 1 atom stereocenters. The van der Waals surface area contributed by atoms with Gasteiger partial charge in [-0.15, -0.1) is 12.4 Å². The van der Waals surface area contributed by atoms with Crippen molar-refractivity contribution in [2.45, 2.75) is 26.3 Å². The highest BCUT2D eigenvalue weighted by Crippen LogP contribution is 2.20. The fourth-order valence-corrected chi connectivity index (χ4v) is 1.70. The van der Waals surface area contributed by atoms with Crippen molar-refractivity contribution in [1.82, 2.24) is 0 Å². The largest absolute Gasteiger partial charge is 0.482 e. The molecule has 1 aromatic rings. The van der Waals surface area contributed by atoms with E-state index in [0.717, 1.165) is 5.56 Å². The van der Waals surface area contributed by atoms with Gasteiger partial charge in [0.1, 0.15) is 5.75 Å². The molecule has 0 bridgehead atoms. The van der Waals surface area contributed by atoms with Gasteiger partial charge in [0.05, 0.1) is 19.6 Å². The topological polar surface area (TPSA) is 87.9 Å². The first kappa shape index (κ1) is 20.2. The van der Waals surface area contributed by atoms with Crippen LogP contribution in [0.3, 0.4) is 0 Å². The molecule has 0 fully saturated rings. The molecule has 1 unspecified atom stereocenters. The summed E-state index contributed by atoms with van der Waals surface area (Å²) < 4.78 is 14.9. The Balaban J connectivity index is 0.00000441. The van der Waals surface area contributed by atoms with Crippen molar-refractivity contribution in [2.75, 3.05) is 19.8 Å². The van der Waals surface area contributed by atoms with Crippen molar-refractivity contribution in [3.63, 3.8) is 0 Å². The molecule has 7 heteroatoms. The van der Waals surface area contributed by atoms with E-state index in [-0.39, 0.29) is 31.4 Å². The Labute approximate surface area is 136 Å². The maximum atomic E-state index is 11.4. The van der Waals surface area contributed by atoms with Crippen molar-refractivity contribution >= 4 is 24.3 Å². The zero-order valence-electron chi connectivity index (χ0n) is 12.7. The van der Waals surface area contributed by atoms with Crippen molar-refractivity contribution < 1.29 is 23.8 Å². The Bertz CT molecular complexity index is 481. The van der Waals surface area contributed by atoms with Gasteiger partial charge in [-0.25, -0.2) is 4.79 Å². The Kier molecular flexibility index (Phi) is 9.98. The highest BCUT2D eigenvalue weighted by Gasteiger charge is 2.13. The molecule has 0 heterocycles. The minimum Gasteiger partial charge on any atom is -0.482 e. The summed E-state index contributed by atoms with van der Waals surface area (Å²) in [5.74, 6) is -0.276. The second-order valence-corrected chi connectivity index (χ2v) is 4.28. The lowest BCUT2D eigenvalue weighted by Gasteiger charge is -2.13. The molecule has 0 aromatic heterocycles. The van der Waals surface area contributed by atoms with Crippen LogP contribution in [0, 0.1) is 0 Å². The normalized spacial score (nSPS) is 11.0. The minimum absolute atomic E-state index is 0. The molecule has 0 amide bonds. The van der Waals surface area contributed by atoms with Crippen LogP contribution in [0.25, 0.3) is 0 Å². The maximum absolute atomic E-state index is 11.4. The van der Waals surface area contributed by atoms with Gasteiger partial charge >= 0.3 is 11.9 Å². The molecule has 1 aromatic carbocycles. The molecule has 0 spiro atoms. The lowest BCUT2D eigenvalue weighted by molar-refractivity contribution is -0.145. The summed E-state index contributed by atoms with van der Waals surface area (Å²) in [5, 5.41) is 0. The van der Waals surface area contributed by atoms with E-state index in [2.05, 4.69) is 0 Å². The standard InChI is InChI=1S/C15H21NO5.ClH/c1-3-19-14(17)9-13(16)11-6-5-7-12(8-11)21-10-15(18)20-4-2;/h5-8,13H,3-4,9-10,16H2,1-2H3;1H. The van der Waals surface area contributed by atoms with Gasteiger partial charge < -0.3 is 19.9 Å². The lowest BCUT2D eigenvalue weighted by Crippen LogP contribution is -2.18. The summed E-state index contributed by atoms with van der Waals surface area (Å²) >= 11 is 0. The fourth-order valence-electron chi connectivity index (χ4n) is 1.70. The van der Waals surface area contributed by atoms with Gasteiger partial charge in [0.2, 0.25) is 0 Å². The van der Waals surface area contributed by atoms with Crippen LogP contribution in [0.5, 0.6) is 5.75 Å². The Hall–Kier alpha value is -1.79. The first-order valence-corrected chi connectivity index (χ1v) is 6.86. The van der Waals surface area contributed by atoms with E-state index in [1.54, 1.807) is 38.1 Å². The Morgan fingerprint density at radius 1 is 1.14 bits per heavy atom. The number of hydrogen-bond acceptors (Lipinski definition) is 6. The van der Waals surface area contributed by atoms with Crippen molar-refractivity contribution in [2.24, 2.45) is 5.73 Å². The molecule has 0 aliphatic carbocycles. The number of nitrogens with two attached hydrogens (primary N) is 1. The van der Waals surface area contributed by atoms with E-state index >= 15 is 0 Å². The van der Waals surface area contributed by atoms with E-state index in [9.17, 15) is 9.59 Å². The SMILES string of the molecule is CCOC(=O)COc1cccc(C(N)CC(=O)OCC)c1.Cl.